The molecule has 0 radical (unpaired) electrons. The highest BCUT2D eigenvalue weighted by atomic mass is 32.2. The molecule has 0 saturated heterocycles. The third kappa shape index (κ3) is 4.67. The van der Waals surface area contributed by atoms with Gasteiger partial charge in [-0.05, 0) is 56.7 Å². The van der Waals surface area contributed by atoms with E-state index in [-0.39, 0.29) is 11.4 Å². The van der Waals surface area contributed by atoms with Gasteiger partial charge in [0.25, 0.3) is 0 Å². The van der Waals surface area contributed by atoms with Crippen LogP contribution in [0.2, 0.25) is 0 Å². The van der Waals surface area contributed by atoms with Crippen LogP contribution in [-0.4, -0.2) is 11.3 Å². The summed E-state index contributed by atoms with van der Waals surface area (Å²) in [6.07, 6.45) is 0.953. The zero-order valence-electron chi connectivity index (χ0n) is 9.51. The molecule has 0 aliphatic heterocycles. The molecule has 1 rings (SSSR count). The minimum Gasteiger partial charge on any atom is -0.326 e. The van der Waals surface area contributed by atoms with Crippen LogP contribution in [0.4, 0.5) is 4.39 Å². The van der Waals surface area contributed by atoms with E-state index in [1.54, 1.807) is 17.8 Å². The molecular weight excluding hydrogens is 209 g/mol. The Balaban J connectivity index is 2.51. The average Bonchev–Trinajstić information content (AvgIpc) is 2.07. The molecule has 3 heteroatoms. The van der Waals surface area contributed by atoms with Crippen molar-refractivity contribution in [3.05, 3.63) is 29.6 Å². The molecule has 1 aromatic rings. The predicted octanol–water partition coefficient (Wildman–Crippen LogP) is 3.35. The maximum absolute atomic E-state index is 12.8. The van der Waals surface area contributed by atoms with Crippen molar-refractivity contribution >= 4 is 11.8 Å². The summed E-state index contributed by atoms with van der Waals surface area (Å²) in [6.45, 7) is 5.97. The quantitative estimate of drug-likeness (QED) is 0.798. The van der Waals surface area contributed by atoms with Gasteiger partial charge in [0.05, 0.1) is 0 Å². The molecule has 0 aliphatic rings. The molecule has 1 aromatic carbocycles. The second-order valence-corrected chi connectivity index (χ2v) is 5.63. The standard InChI is InChI=1S/C12H18FNS/c1-9-8-10(13)4-5-11(9)15-7-6-12(2,3)14/h4-5,8H,6-7,14H2,1-3H3. The summed E-state index contributed by atoms with van der Waals surface area (Å²) in [5.41, 5.74) is 6.76. The van der Waals surface area contributed by atoms with Crippen LogP contribution in [0.25, 0.3) is 0 Å². The molecule has 0 bridgehead atoms. The summed E-state index contributed by atoms with van der Waals surface area (Å²) in [7, 11) is 0. The van der Waals surface area contributed by atoms with Crippen molar-refractivity contribution in [2.75, 3.05) is 5.75 Å². The summed E-state index contributed by atoms with van der Waals surface area (Å²) in [5, 5.41) is 0. The van der Waals surface area contributed by atoms with Gasteiger partial charge in [0.15, 0.2) is 0 Å². The van der Waals surface area contributed by atoms with Gasteiger partial charge in [-0.3, -0.25) is 0 Å². The van der Waals surface area contributed by atoms with Gasteiger partial charge in [0, 0.05) is 10.4 Å². The highest BCUT2D eigenvalue weighted by Gasteiger charge is 2.10. The SMILES string of the molecule is Cc1cc(F)ccc1SCCC(C)(C)N. The van der Waals surface area contributed by atoms with E-state index in [1.807, 2.05) is 26.8 Å². The first-order chi connectivity index (χ1) is 6.88. The van der Waals surface area contributed by atoms with Gasteiger partial charge in [-0.1, -0.05) is 0 Å². The van der Waals surface area contributed by atoms with Crippen molar-refractivity contribution in [1.82, 2.24) is 0 Å². The molecular formula is C12H18FNS. The summed E-state index contributed by atoms with van der Waals surface area (Å²) in [5.74, 6) is 0.798. The highest BCUT2D eigenvalue weighted by Crippen LogP contribution is 2.24. The Labute approximate surface area is 95.2 Å². The molecule has 0 atom stereocenters. The lowest BCUT2D eigenvalue weighted by molar-refractivity contribution is 0.506. The lowest BCUT2D eigenvalue weighted by atomic mass is 10.0. The maximum atomic E-state index is 12.8. The molecule has 0 aliphatic carbocycles. The summed E-state index contributed by atoms with van der Waals surface area (Å²) < 4.78 is 12.8. The van der Waals surface area contributed by atoms with E-state index in [9.17, 15) is 4.39 Å². The lowest BCUT2D eigenvalue weighted by Gasteiger charge is -2.17. The van der Waals surface area contributed by atoms with Crippen molar-refractivity contribution in [2.24, 2.45) is 5.73 Å². The predicted molar refractivity (Wildman–Crippen MR) is 64.7 cm³/mol. The molecule has 2 N–H and O–H groups in total. The topological polar surface area (TPSA) is 26.0 Å². The van der Waals surface area contributed by atoms with Gasteiger partial charge >= 0.3 is 0 Å². The number of thioether (sulfide) groups is 1. The van der Waals surface area contributed by atoms with Crippen LogP contribution in [0.1, 0.15) is 25.8 Å². The number of benzene rings is 1. The van der Waals surface area contributed by atoms with Gasteiger partial charge in [-0.2, -0.15) is 0 Å². The molecule has 0 heterocycles. The summed E-state index contributed by atoms with van der Waals surface area (Å²) in [4.78, 5) is 1.14. The van der Waals surface area contributed by atoms with Crippen molar-refractivity contribution < 1.29 is 4.39 Å². The van der Waals surface area contributed by atoms with E-state index >= 15 is 0 Å². The molecule has 0 unspecified atom stereocenters. The average molecular weight is 227 g/mol. The fourth-order valence-electron chi connectivity index (χ4n) is 1.20. The summed E-state index contributed by atoms with van der Waals surface area (Å²) in [6, 6.07) is 4.90. The fraction of sp³-hybridized carbons (Fsp3) is 0.500. The molecule has 0 aromatic heterocycles. The first kappa shape index (κ1) is 12.5. The second kappa shape index (κ2) is 4.99. The lowest BCUT2D eigenvalue weighted by Crippen LogP contribution is -2.32. The van der Waals surface area contributed by atoms with E-state index in [1.165, 1.54) is 6.07 Å². The Morgan fingerprint density at radius 3 is 2.60 bits per heavy atom. The Bertz CT molecular complexity index is 331. The van der Waals surface area contributed by atoms with Crippen LogP contribution < -0.4 is 5.73 Å². The van der Waals surface area contributed by atoms with Crippen LogP contribution in [0.15, 0.2) is 23.1 Å². The maximum Gasteiger partial charge on any atom is 0.123 e. The van der Waals surface area contributed by atoms with Crippen LogP contribution >= 0.6 is 11.8 Å². The van der Waals surface area contributed by atoms with Crippen molar-refractivity contribution in [1.29, 1.82) is 0 Å². The highest BCUT2D eigenvalue weighted by molar-refractivity contribution is 7.99. The Morgan fingerprint density at radius 1 is 1.40 bits per heavy atom. The number of halogens is 1. The number of nitrogens with two attached hydrogens (primary N) is 1. The third-order valence-electron chi connectivity index (χ3n) is 2.14. The van der Waals surface area contributed by atoms with Gasteiger partial charge < -0.3 is 5.73 Å². The summed E-state index contributed by atoms with van der Waals surface area (Å²) >= 11 is 1.74. The van der Waals surface area contributed by atoms with E-state index in [0.29, 0.717) is 0 Å². The van der Waals surface area contributed by atoms with Crippen LogP contribution in [0, 0.1) is 12.7 Å². The van der Waals surface area contributed by atoms with Gasteiger partial charge in [-0.25, -0.2) is 4.39 Å². The van der Waals surface area contributed by atoms with Crippen molar-refractivity contribution in [2.45, 2.75) is 37.6 Å². The largest absolute Gasteiger partial charge is 0.326 e. The minimum atomic E-state index is -0.170. The Kier molecular flexibility index (Phi) is 4.17. The molecule has 84 valence electrons. The number of hydrogen-bond acceptors (Lipinski definition) is 2. The Hall–Kier alpha value is -0.540. The molecule has 0 amide bonds. The molecule has 15 heavy (non-hydrogen) atoms. The van der Waals surface area contributed by atoms with Crippen LogP contribution in [0.3, 0.4) is 0 Å². The van der Waals surface area contributed by atoms with Gasteiger partial charge in [-0.15, -0.1) is 11.8 Å². The number of aryl methyl sites for hydroxylation is 1. The van der Waals surface area contributed by atoms with Crippen molar-refractivity contribution in [3.8, 4) is 0 Å². The number of rotatable bonds is 4. The molecule has 0 saturated carbocycles. The van der Waals surface area contributed by atoms with Gasteiger partial charge in [0.2, 0.25) is 0 Å². The monoisotopic (exact) mass is 227 g/mol. The fourth-order valence-corrected chi connectivity index (χ4v) is 2.50. The van der Waals surface area contributed by atoms with E-state index < -0.39 is 0 Å². The molecule has 0 fully saturated rings. The van der Waals surface area contributed by atoms with E-state index in [0.717, 1.165) is 22.6 Å². The second-order valence-electron chi connectivity index (χ2n) is 4.50. The third-order valence-corrected chi connectivity index (χ3v) is 3.32. The normalized spacial score (nSPS) is 11.8. The Morgan fingerprint density at radius 2 is 2.07 bits per heavy atom. The van der Waals surface area contributed by atoms with Gasteiger partial charge in [0.1, 0.15) is 5.82 Å². The zero-order valence-corrected chi connectivity index (χ0v) is 10.3. The van der Waals surface area contributed by atoms with Crippen LogP contribution in [-0.2, 0) is 0 Å². The minimum absolute atomic E-state index is 0.124. The molecule has 1 nitrogen and oxygen atoms in total. The number of hydrogen-bond donors (Lipinski definition) is 1. The van der Waals surface area contributed by atoms with E-state index in [4.69, 9.17) is 5.73 Å². The first-order valence-corrected chi connectivity index (χ1v) is 6.05. The van der Waals surface area contributed by atoms with Crippen molar-refractivity contribution in [3.63, 3.8) is 0 Å². The first-order valence-electron chi connectivity index (χ1n) is 5.06. The van der Waals surface area contributed by atoms with E-state index in [2.05, 4.69) is 0 Å². The zero-order chi connectivity index (χ0) is 11.5. The molecule has 0 spiro atoms. The van der Waals surface area contributed by atoms with Crippen LogP contribution in [0.5, 0.6) is 0 Å². The smallest absolute Gasteiger partial charge is 0.123 e.